The molecule has 1 aliphatic rings. The number of fused-ring (bicyclic) bond motifs is 1. The lowest BCUT2D eigenvalue weighted by molar-refractivity contribution is -0.120. The summed E-state index contributed by atoms with van der Waals surface area (Å²) in [4.78, 5) is 35.8. The number of anilines is 1. The number of amides is 3. The van der Waals surface area contributed by atoms with E-state index in [2.05, 4.69) is 5.32 Å². The van der Waals surface area contributed by atoms with E-state index in [9.17, 15) is 14.4 Å². The summed E-state index contributed by atoms with van der Waals surface area (Å²) in [6, 6.07) is 4.62. The van der Waals surface area contributed by atoms with Crippen molar-refractivity contribution in [3.05, 3.63) is 30.0 Å². The van der Waals surface area contributed by atoms with Gasteiger partial charge >= 0.3 is 6.03 Å². The molecule has 0 saturated carbocycles. The van der Waals surface area contributed by atoms with E-state index in [1.807, 2.05) is 0 Å². The van der Waals surface area contributed by atoms with Crippen molar-refractivity contribution in [3.8, 4) is 0 Å². The van der Waals surface area contributed by atoms with Crippen LogP contribution in [0.15, 0.2) is 28.9 Å². The predicted octanol–water partition coefficient (Wildman–Crippen LogP) is 2.08. The average Bonchev–Trinajstić information content (AvgIpc) is 2.81. The van der Waals surface area contributed by atoms with Crippen LogP contribution in [-0.2, 0) is 4.79 Å². The minimum atomic E-state index is -0.459. The van der Waals surface area contributed by atoms with Crippen LogP contribution in [0.5, 0.6) is 0 Å². The zero-order chi connectivity index (χ0) is 14.3. The Labute approximate surface area is 114 Å². The molecule has 0 bridgehead atoms. The predicted molar refractivity (Wildman–Crippen MR) is 71.7 cm³/mol. The number of hydrogen-bond acceptors (Lipinski definition) is 4. The first-order chi connectivity index (χ1) is 9.56. The Morgan fingerprint density at radius 1 is 1.35 bits per heavy atom. The Morgan fingerprint density at radius 3 is 2.85 bits per heavy atom. The number of nitrogens with zero attached hydrogens (tertiary/aromatic N) is 1. The van der Waals surface area contributed by atoms with E-state index in [4.69, 9.17) is 4.42 Å². The van der Waals surface area contributed by atoms with Gasteiger partial charge in [-0.1, -0.05) is 6.07 Å². The van der Waals surface area contributed by atoms with E-state index in [-0.39, 0.29) is 18.1 Å². The number of ketones is 1. The lowest BCUT2D eigenvalue weighted by Gasteiger charge is -2.25. The summed E-state index contributed by atoms with van der Waals surface area (Å²) < 4.78 is 5.41. The van der Waals surface area contributed by atoms with E-state index in [1.54, 1.807) is 18.2 Å². The molecule has 0 aliphatic carbocycles. The first kappa shape index (κ1) is 12.4. The highest BCUT2D eigenvalue weighted by Gasteiger charge is 2.26. The molecule has 0 atom stereocenters. The summed E-state index contributed by atoms with van der Waals surface area (Å²) in [5.41, 5.74) is 1.69. The maximum Gasteiger partial charge on any atom is 0.328 e. The molecule has 2 aromatic rings. The van der Waals surface area contributed by atoms with E-state index in [0.717, 1.165) is 5.39 Å². The van der Waals surface area contributed by atoms with Gasteiger partial charge in [0, 0.05) is 23.9 Å². The van der Waals surface area contributed by atoms with Crippen LogP contribution >= 0.6 is 0 Å². The number of Topliss-reactive ketones (excluding diaryl/α,β-unsaturated/α-hetero) is 1. The van der Waals surface area contributed by atoms with Crippen LogP contribution in [0.1, 0.15) is 23.7 Å². The third-order valence-corrected chi connectivity index (χ3v) is 3.31. The van der Waals surface area contributed by atoms with E-state index in [1.165, 1.54) is 18.1 Å². The van der Waals surface area contributed by atoms with Crippen LogP contribution in [0.25, 0.3) is 11.0 Å². The molecule has 1 saturated heterocycles. The van der Waals surface area contributed by atoms with Crippen LogP contribution < -0.4 is 10.2 Å². The molecular formula is C14H12N2O4. The third-order valence-electron chi connectivity index (χ3n) is 3.31. The fraction of sp³-hybridized carbons (Fsp3) is 0.214. The molecule has 102 valence electrons. The van der Waals surface area contributed by atoms with Crippen molar-refractivity contribution in [2.45, 2.75) is 13.3 Å². The number of benzene rings is 1. The van der Waals surface area contributed by atoms with Crippen molar-refractivity contribution < 1.29 is 18.8 Å². The Hall–Kier alpha value is -2.63. The Balaban J connectivity index is 2.02. The van der Waals surface area contributed by atoms with Gasteiger partial charge in [-0.25, -0.2) is 4.79 Å². The second kappa shape index (κ2) is 4.48. The highest BCUT2D eigenvalue weighted by atomic mass is 16.3. The largest absolute Gasteiger partial charge is 0.462 e. The number of urea groups is 1. The molecule has 1 N–H and O–H groups in total. The standard InChI is InChI=1S/C14H12N2O4/c1-8(17)9-2-3-10-11(7-20-12(10)6-9)16-5-4-13(18)15-14(16)19/h2-3,6-7H,4-5H2,1H3,(H,15,18,19). The molecule has 1 aromatic carbocycles. The molecule has 3 rings (SSSR count). The molecule has 0 radical (unpaired) electrons. The van der Waals surface area contributed by atoms with Gasteiger partial charge in [0.25, 0.3) is 0 Å². The first-order valence-corrected chi connectivity index (χ1v) is 6.20. The number of rotatable bonds is 2. The number of carbonyl (C=O) groups is 3. The summed E-state index contributed by atoms with van der Waals surface area (Å²) >= 11 is 0. The molecule has 6 heteroatoms. The number of hydrogen-bond donors (Lipinski definition) is 1. The van der Waals surface area contributed by atoms with Crippen LogP contribution in [0.4, 0.5) is 10.5 Å². The van der Waals surface area contributed by atoms with Crippen molar-refractivity contribution in [2.75, 3.05) is 11.4 Å². The second-order valence-corrected chi connectivity index (χ2v) is 4.64. The SMILES string of the molecule is CC(=O)c1ccc2c(N3CCC(=O)NC3=O)coc2c1. The molecule has 1 fully saturated rings. The smallest absolute Gasteiger partial charge is 0.328 e. The molecule has 1 aliphatic heterocycles. The van der Waals surface area contributed by atoms with Gasteiger partial charge in [-0.15, -0.1) is 0 Å². The fourth-order valence-electron chi connectivity index (χ4n) is 2.24. The van der Waals surface area contributed by atoms with E-state index < -0.39 is 6.03 Å². The lowest BCUT2D eigenvalue weighted by atomic mass is 10.1. The molecule has 6 nitrogen and oxygen atoms in total. The maximum atomic E-state index is 11.8. The first-order valence-electron chi connectivity index (χ1n) is 6.20. The van der Waals surface area contributed by atoms with Gasteiger partial charge in [0.1, 0.15) is 11.8 Å². The lowest BCUT2D eigenvalue weighted by Crippen LogP contribution is -2.49. The molecular weight excluding hydrogens is 260 g/mol. The monoisotopic (exact) mass is 272 g/mol. The quantitative estimate of drug-likeness (QED) is 0.849. The van der Waals surface area contributed by atoms with Crippen LogP contribution in [0, 0.1) is 0 Å². The minimum absolute atomic E-state index is 0.0498. The minimum Gasteiger partial charge on any atom is -0.462 e. The van der Waals surface area contributed by atoms with Crippen LogP contribution in [0.3, 0.4) is 0 Å². The van der Waals surface area contributed by atoms with Crippen molar-refractivity contribution in [1.29, 1.82) is 0 Å². The van der Waals surface area contributed by atoms with Gasteiger partial charge in [0.05, 0.1) is 5.69 Å². The number of furan rings is 1. The molecule has 3 amide bonds. The van der Waals surface area contributed by atoms with E-state index in [0.29, 0.717) is 23.4 Å². The topological polar surface area (TPSA) is 79.6 Å². The maximum absolute atomic E-state index is 11.8. The van der Waals surface area contributed by atoms with Gasteiger partial charge in [0.15, 0.2) is 5.78 Å². The molecule has 0 spiro atoms. The van der Waals surface area contributed by atoms with Crippen LogP contribution in [0.2, 0.25) is 0 Å². The summed E-state index contributed by atoms with van der Waals surface area (Å²) in [5, 5.41) is 3.00. The zero-order valence-electron chi connectivity index (χ0n) is 10.8. The zero-order valence-corrected chi connectivity index (χ0v) is 10.8. The fourth-order valence-corrected chi connectivity index (χ4v) is 2.24. The molecule has 20 heavy (non-hydrogen) atoms. The summed E-state index contributed by atoms with van der Waals surface area (Å²) in [6.07, 6.45) is 1.72. The molecule has 1 aromatic heterocycles. The highest BCUT2D eigenvalue weighted by Crippen LogP contribution is 2.30. The summed E-state index contributed by atoms with van der Waals surface area (Å²) in [6.45, 7) is 1.79. The normalized spacial score (nSPS) is 15.6. The van der Waals surface area contributed by atoms with Gasteiger partial charge in [0.2, 0.25) is 5.91 Å². The van der Waals surface area contributed by atoms with Crippen molar-refractivity contribution in [1.82, 2.24) is 5.32 Å². The number of nitrogens with one attached hydrogen (secondary N) is 1. The van der Waals surface area contributed by atoms with Gasteiger partial charge in [-0.3, -0.25) is 19.8 Å². The van der Waals surface area contributed by atoms with Crippen molar-refractivity contribution in [2.24, 2.45) is 0 Å². The summed E-state index contributed by atoms with van der Waals surface area (Å²) in [5.74, 6) is -0.330. The van der Waals surface area contributed by atoms with E-state index >= 15 is 0 Å². The highest BCUT2D eigenvalue weighted by molar-refractivity contribution is 6.10. The summed E-state index contributed by atoms with van der Waals surface area (Å²) in [7, 11) is 0. The number of imide groups is 1. The molecule has 2 heterocycles. The van der Waals surface area contributed by atoms with Gasteiger partial charge < -0.3 is 4.42 Å². The van der Waals surface area contributed by atoms with Crippen molar-refractivity contribution in [3.63, 3.8) is 0 Å². The van der Waals surface area contributed by atoms with Gasteiger partial charge in [-0.05, 0) is 19.1 Å². The number of carbonyl (C=O) groups excluding carboxylic acids is 3. The third kappa shape index (κ3) is 1.95. The van der Waals surface area contributed by atoms with Crippen LogP contribution in [-0.4, -0.2) is 24.3 Å². The Bertz CT molecular complexity index is 732. The average molecular weight is 272 g/mol. The molecule has 0 unspecified atom stereocenters. The Morgan fingerprint density at radius 2 is 2.15 bits per heavy atom. The Kier molecular flexibility index (Phi) is 2.78. The second-order valence-electron chi connectivity index (χ2n) is 4.64. The van der Waals surface area contributed by atoms with Gasteiger partial charge in [-0.2, -0.15) is 0 Å². The van der Waals surface area contributed by atoms with Crippen molar-refractivity contribution >= 4 is 34.4 Å².